The normalized spacial score (nSPS) is 13.4. The molecule has 41 heavy (non-hydrogen) atoms. The highest BCUT2D eigenvalue weighted by Gasteiger charge is 2.17. The lowest BCUT2D eigenvalue weighted by Crippen LogP contribution is -2.45. The second kappa shape index (κ2) is 33.4. The summed E-state index contributed by atoms with van der Waals surface area (Å²) in [7, 11) is 0. The first-order valence-electron chi connectivity index (χ1n) is 18.1. The molecule has 0 aliphatic rings. The number of carbonyl (C=O) groups excluding carboxylic acids is 1. The minimum atomic E-state index is -0.834. The fourth-order valence-corrected chi connectivity index (χ4v) is 5.35. The molecule has 0 heterocycles. The number of rotatable bonds is 32. The Morgan fingerprint density at radius 2 is 0.927 bits per heavy atom. The maximum Gasteiger partial charge on any atom is 0.220 e. The van der Waals surface area contributed by atoms with Crippen LogP contribution in [0.15, 0.2) is 24.3 Å². The maximum atomic E-state index is 12.3. The number of nitrogens with one attached hydrogen (secondary N) is 1. The molecule has 0 unspecified atom stereocenters. The Bertz CT molecular complexity index is 589. The molecule has 0 fully saturated rings. The van der Waals surface area contributed by atoms with Crippen LogP contribution in [0.4, 0.5) is 0 Å². The van der Waals surface area contributed by atoms with Crippen LogP contribution in [0.2, 0.25) is 0 Å². The Morgan fingerprint density at radius 1 is 0.561 bits per heavy atom. The summed E-state index contributed by atoms with van der Waals surface area (Å²) in [5.41, 5.74) is 0. The minimum absolute atomic E-state index is 0.0689. The summed E-state index contributed by atoms with van der Waals surface area (Å²) in [4.78, 5) is 12.3. The highest BCUT2D eigenvalue weighted by atomic mass is 16.3. The molecular weight excluding hydrogens is 506 g/mol. The molecule has 0 saturated heterocycles. The molecule has 0 aliphatic heterocycles. The Labute approximate surface area is 256 Å². The number of aliphatic hydroxyl groups excluding tert-OH is 2. The van der Waals surface area contributed by atoms with Crippen LogP contribution in [0.3, 0.4) is 0 Å². The van der Waals surface area contributed by atoms with Gasteiger partial charge >= 0.3 is 0 Å². The first kappa shape index (κ1) is 39.9. The number of hydrogen-bond acceptors (Lipinski definition) is 3. The molecule has 3 N–H and O–H groups in total. The summed E-state index contributed by atoms with van der Waals surface area (Å²) in [5, 5.41) is 22.8. The average Bonchev–Trinajstić information content (AvgIpc) is 2.97. The van der Waals surface area contributed by atoms with Crippen LogP contribution in [0.1, 0.15) is 187 Å². The van der Waals surface area contributed by atoms with Gasteiger partial charge in [0.1, 0.15) is 0 Å². The van der Waals surface area contributed by atoms with Gasteiger partial charge in [0.15, 0.2) is 0 Å². The standard InChI is InChI=1S/C37H71NO3/c1-3-5-7-9-11-13-15-16-17-18-19-20-21-22-23-25-27-29-31-33-37(41)38-35(34-39)36(40)32-30-28-26-24-14-12-10-8-6-4-2/h16-17,30,32,35-36,39-40H,3-15,18-29,31,33-34H2,1-2H3,(H,38,41)/b17-16+,32-30+/t35-,36+/m0/s1. The zero-order valence-corrected chi connectivity index (χ0v) is 27.6. The van der Waals surface area contributed by atoms with Gasteiger partial charge in [-0.2, -0.15) is 0 Å². The summed E-state index contributed by atoms with van der Waals surface area (Å²) in [6, 6.07) is -0.617. The summed E-state index contributed by atoms with van der Waals surface area (Å²) in [5.74, 6) is -0.0689. The number of hydrogen-bond donors (Lipinski definition) is 3. The molecule has 0 aromatic rings. The van der Waals surface area contributed by atoms with E-state index in [1.807, 2.05) is 6.08 Å². The molecule has 1 amide bonds. The van der Waals surface area contributed by atoms with Gasteiger partial charge in [-0.05, 0) is 44.9 Å². The van der Waals surface area contributed by atoms with E-state index in [9.17, 15) is 15.0 Å². The molecular formula is C37H71NO3. The van der Waals surface area contributed by atoms with E-state index in [4.69, 9.17) is 0 Å². The smallest absolute Gasteiger partial charge is 0.220 e. The number of carbonyl (C=O) groups is 1. The van der Waals surface area contributed by atoms with Crippen molar-refractivity contribution in [1.29, 1.82) is 0 Å². The van der Waals surface area contributed by atoms with Crippen LogP contribution in [0, 0.1) is 0 Å². The Balaban J connectivity index is 3.58. The van der Waals surface area contributed by atoms with Gasteiger partial charge in [0.05, 0.1) is 18.8 Å². The summed E-state index contributed by atoms with van der Waals surface area (Å²) in [6.45, 7) is 4.27. The zero-order valence-electron chi connectivity index (χ0n) is 27.6. The third kappa shape index (κ3) is 30.1. The average molecular weight is 578 g/mol. The van der Waals surface area contributed by atoms with Crippen molar-refractivity contribution in [2.24, 2.45) is 0 Å². The van der Waals surface area contributed by atoms with Crippen molar-refractivity contribution in [3.05, 3.63) is 24.3 Å². The van der Waals surface area contributed by atoms with Crippen LogP contribution in [0.5, 0.6) is 0 Å². The molecule has 242 valence electrons. The van der Waals surface area contributed by atoms with Crippen LogP contribution in [-0.2, 0) is 4.79 Å². The first-order valence-corrected chi connectivity index (χ1v) is 18.1. The van der Waals surface area contributed by atoms with Crippen molar-refractivity contribution in [2.75, 3.05) is 6.61 Å². The minimum Gasteiger partial charge on any atom is -0.394 e. The molecule has 0 spiro atoms. The molecule has 0 saturated carbocycles. The Hall–Kier alpha value is -1.13. The lowest BCUT2D eigenvalue weighted by Gasteiger charge is -2.20. The monoisotopic (exact) mass is 578 g/mol. The van der Waals surface area contributed by atoms with Crippen LogP contribution < -0.4 is 5.32 Å². The van der Waals surface area contributed by atoms with Crippen LogP contribution in [0.25, 0.3) is 0 Å². The van der Waals surface area contributed by atoms with Gasteiger partial charge in [0.2, 0.25) is 5.91 Å². The molecule has 2 atom stereocenters. The molecule has 0 aromatic heterocycles. The van der Waals surface area contributed by atoms with Crippen LogP contribution in [-0.4, -0.2) is 34.9 Å². The van der Waals surface area contributed by atoms with Crippen molar-refractivity contribution < 1.29 is 15.0 Å². The predicted molar refractivity (Wildman–Crippen MR) is 179 cm³/mol. The van der Waals surface area contributed by atoms with Crippen molar-refractivity contribution >= 4 is 5.91 Å². The van der Waals surface area contributed by atoms with E-state index in [0.29, 0.717) is 6.42 Å². The fraction of sp³-hybridized carbons (Fsp3) is 0.865. The van der Waals surface area contributed by atoms with Crippen molar-refractivity contribution in [3.8, 4) is 0 Å². The van der Waals surface area contributed by atoms with Gasteiger partial charge in [-0.1, -0.05) is 160 Å². The van der Waals surface area contributed by atoms with E-state index in [1.54, 1.807) is 6.08 Å². The van der Waals surface area contributed by atoms with Crippen molar-refractivity contribution in [2.45, 2.75) is 199 Å². The van der Waals surface area contributed by atoms with Gasteiger partial charge in [0, 0.05) is 6.42 Å². The van der Waals surface area contributed by atoms with Gasteiger partial charge < -0.3 is 15.5 Å². The van der Waals surface area contributed by atoms with Gasteiger partial charge in [-0.25, -0.2) is 0 Å². The molecule has 0 aliphatic carbocycles. The SMILES string of the molecule is CCCCCCCC/C=C/CCCCCCCCCCCC(=O)N[C@@H](CO)[C@H](O)/C=C/CCCCCCCCCC. The highest BCUT2D eigenvalue weighted by molar-refractivity contribution is 5.76. The summed E-state index contributed by atoms with van der Waals surface area (Å²) in [6.07, 6.45) is 41.2. The van der Waals surface area contributed by atoms with Crippen molar-refractivity contribution in [1.82, 2.24) is 5.32 Å². The summed E-state index contributed by atoms with van der Waals surface area (Å²) >= 11 is 0. The van der Waals surface area contributed by atoms with E-state index in [0.717, 1.165) is 25.7 Å². The fourth-order valence-electron chi connectivity index (χ4n) is 5.35. The van der Waals surface area contributed by atoms with E-state index >= 15 is 0 Å². The second-order valence-corrected chi connectivity index (χ2v) is 12.3. The number of aliphatic hydroxyl groups is 2. The van der Waals surface area contributed by atoms with Crippen LogP contribution >= 0.6 is 0 Å². The predicted octanol–water partition coefficient (Wildman–Crippen LogP) is 10.5. The van der Waals surface area contributed by atoms with E-state index in [-0.39, 0.29) is 12.5 Å². The quantitative estimate of drug-likeness (QED) is 0.0550. The Morgan fingerprint density at radius 3 is 1.34 bits per heavy atom. The van der Waals surface area contributed by atoms with E-state index in [2.05, 4.69) is 31.3 Å². The molecule has 0 rings (SSSR count). The van der Waals surface area contributed by atoms with Gasteiger partial charge in [-0.3, -0.25) is 4.79 Å². The third-order valence-corrected chi connectivity index (χ3v) is 8.18. The molecule has 4 nitrogen and oxygen atoms in total. The first-order chi connectivity index (χ1) is 20.2. The lowest BCUT2D eigenvalue weighted by molar-refractivity contribution is -0.123. The molecule has 0 bridgehead atoms. The van der Waals surface area contributed by atoms with Gasteiger partial charge in [-0.15, -0.1) is 0 Å². The van der Waals surface area contributed by atoms with E-state index < -0.39 is 12.1 Å². The highest BCUT2D eigenvalue weighted by Crippen LogP contribution is 2.13. The van der Waals surface area contributed by atoms with E-state index in [1.165, 1.54) is 141 Å². The number of unbranched alkanes of at least 4 members (excludes halogenated alkanes) is 23. The Kier molecular flexibility index (Phi) is 32.5. The topological polar surface area (TPSA) is 69.6 Å². The molecule has 4 heteroatoms. The second-order valence-electron chi connectivity index (χ2n) is 12.3. The molecule has 0 aromatic carbocycles. The largest absolute Gasteiger partial charge is 0.394 e. The van der Waals surface area contributed by atoms with Gasteiger partial charge in [0.25, 0.3) is 0 Å². The zero-order chi connectivity index (χ0) is 30.1. The number of allylic oxidation sites excluding steroid dienone is 3. The van der Waals surface area contributed by atoms with Crippen molar-refractivity contribution in [3.63, 3.8) is 0 Å². The third-order valence-electron chi connectivity index (χ3n) is 8.18. The maximum absolute atomic E-state index is 12.3. The molecule has 0 radical (unpaired) electrons. The number of amides is 1. The summed E-state index contributed by atoms with van der Waals surface area (Å²) < 4.78 is 0. The lowest BCUT2D eigenvalue weighted by atomic mass is 10.0.